The smallest absolute Gasteiger partial charge is 0.262 e. The summed E-state index contributed by atoms with van der Waals surface area (Å²) < 4.78 is 0. The first-order chi connectivity index (χ1) is 12.9. The lowest BCUT2D eigenvalue weighted by Crippen LogP contribution is -2.50. The molecule has 5 nitrogen and oxygen atoms in total. The van der Waals surface area contributed by atoms with E-state index >= 15 is 0 Å². The Morgan fingerprint density at radius 1 is 1.00 bits per heavy atom. The van der Waals surface area contributed by atoms with E-state index in [0.29, 0.717) is 29.1 Å². The van der Waals surface area contributed by atoms with Crippen molar-refractivity contribution < 1.29 is 14.4 Å². The Kier molecular flexibility index (Phi) is 5.61. The zero-order chi connectivity index (χ0) is 19.6. The van der Waals surface area contributed by atoms with Crippen molar-refractivity contribution in [2.45, 2.75) is 32.9 Å². The molecule has 0 aliphatic carbocycles. The van der Waals surface area contributed by atoms with E-state index in [1.54, 1.807) is 36.4 Å². The second-order valence-corrected chi connectivity index (χ2v) is 7.45. The summed E-state index contributed by atoms with van der Waals surface area (Å²) in [5, 5.41) is 3.46. The van der Waals surface area contributed by atoms with Crippen LogP contribution in [-0.2, 0) is 11.3 Å². The third-order valence-electron chi connectivity index (χ3n) is 4.51. The van der Waals surface area contributed by atoms with Crippen LogP contribution >= 0.6 is 11.6 Å². The van der Waals surface area contributed by atoms with Gasteiger partial charge >= 0.3 is 0 Å². The SMILES string of the molecule is CC(C)CC(C(=O)NCc1ccc(Cl)cc1)N1C(=O)c2ccccc2C1=O. The van der Waals surface area contributed by atoms with Crippen LogP contribution in [0.2, 0.25) is 5.02 Å². The molecule has 0 saturated heterocycles. The fourth-order valence-corrected chi connectivity index (χ4v) is 3.30. The maximum Gasteiger partial charge on any atom is 0.262 e. The lowest BCUT2D eigenvalue weighted by molar-refractivity contribution is -0.125. The Balaban J connectivity index is 1.79. The van der Waals surface area contributed by atoms with E-state index in [0.717, 1.165) is 10.5 Å². The predicted octanol–water partition coefficient (Wildman–Crippen LogP) is 3.67. The molecule has 0 fully saturated rings. The van der Waals surface area contributed by atoms with E-state index in [1.165, 1.54) is 0 Å². The van der Waals surface area contributed by atoms with Gasteiger partial charge in [0.15, 0.2) is 0 Å². The van der Waals surface area contributed by atoms with Crippen molar-refractivity contribution >= 4 is 29.3 Å². The average molecular weight is 385 g/mol. The van der Waals surface area contributed by atoms with Crippen LogP contribution in [-0.4, -0.2) is 28.7 Å². The van der Waals surface area contributed by atoms with E-state index in [1.807, 2.05) is 26.0 Å². The molecule has 1 atom stereocenters. The summed E-state index contributed by atoms with van der Waals surface area (Å²) in [4.78, 5) is 39.5. The van der Waals surface area contributed by atoms with E-state index < -0.39 is 17.9 Å². The van der Waals surface area contributed by atoms with Gasteiger partial charge in [-0.2, -0.15) is 0 Å². The molecular weight excluding hydrogens is 364 g/mol. The Labute approximate surface area is 163 Å². The summed E-state index contributed by atoms with van der Waals surface area (Å²) in [5.74, 6) is -1.03. The van der Waals surface area contributed by atoms with Crippen molar-refractivity contribution in [1.82, 2.24) is 10.2 Å². The van der Waals surface area contributed by atoms with Gasteiger partial charge in [0.2, 0.25) is 5.91 Å². The molecule has 1 N–H and O–H groups in total. The minimum absolute atomic E-state index is 0.139. The van der Waals surface area contributed by atoms with Gasteiger partial charge in [0.25, 0.3) is 11.8 Å². The zero-order valence-corrected chi connectivity index (χ0v) is 16.0. The molecule has 0 saturated carbocycles. The number of nitrogens with zero attached hydrogens (tertiary/aromatic N) is 1. The number of hydrogen-bond acceptors (Lipinski definition) is 3. The minimum Gasteiger partial charge on any atom is -0.350 e. The Hall–Kier alpha value is -2.66. The highest BCUT2D eigenvalue weighted by Gasteiger charge is 2.42. The summed E-state index contributed by atoms with van der Waals surface area (Å²) in [6.07, 6.45) is 0.401. The van der Waals surface area contributed by atoms with Crippen LogP contribution in [0.4, 0.5) is 0 Å². The first-order valence-electron chi connectivity index (χ1n) is 8.87. The largest absolute Gasteiger partial charge is 0.350 e. The first kappa shape index (κ1) is 19.1. The van der Waals surface area contributed by atoms with Gasteiger partial charge < -0.3 is 5.32 Å². The average Bonchev–Trinajstić information content (AvgIpc) is 2.90. The Morgan fingerprint density at radius 3 is 2.07 bits per heavy atom. The fraction of sp³-hybridized carbons (Fsp3) is 0.286. The van der Waals surface area contributed by atoms with Gasteiger partial charge in [-0.3, -0.25) is 19.3 Å². The molecule has 1 unspecified atom stereocenters. The normalized spacial score (nSPS) is 14.4. The van der Waals surface area contributed by atoms with Gasteiger partial charge in [0.05, 0.1) is 11.1 Å². The number of imide groups is 1. The maximum absolute atomic E-state index is 12.9. The van der Waals surface area contributed by atoms with E-state index in [2.05, 4.69) is 5.32 Å². The first-order valence-corrected chi connectivity index (χ1v) is 9.25. The highest BCUT2D eigenvalue weighted by molar-refractivity contribution is 6.30. The maximum atomic E-state index is 12.9. The summed E-state index contributed by atoms with van der Waals surface area (Å²) in [7, 11) is 0. The van der Waals surface area contributed by atoms with Crippen molar-refractivity contribution in [2.24, 2.45) is 5.92 Å². The van der Waals surface area contributed by atoms with Crippen LogP contribution in [0.3, 0.4) is 0 Å². The van der Waals surface area contributed by atoms with E-state index in [9.17, 15) is 14.4 Å². The summed E-state index contributed by atoms with van der Waals surface area (Å²) in [6, 6.07) is 13.0. The van der Waals surface area contributed by atoms with Crippen LogP contribution in [0.15, 0.2) is 48.5 Å². The number of fused-ring (bicyclic) bond motifs is 1. The predicted molar refractivity (Wildman–Crippen MR) is 103 cm³/mol. The van der Waals surface area contributed by atoms with Crippen molar-refractivity contribution in [1.29, 1.82) is 0 Å². The third kappa shape index (κ3) is 4.03. The number of amides is 3. The number of nitrogens with one attached hydrogen (secondary N) is 1. The number of rotatable bonds is 6. The molecule has 1 heterocycles. The highest BCUT2D eigenvalue weighted by Crippen LogP contribution is 2.27. The number of carbonyl (C=O) groups excluding carboxylic acids is 3. The molecule has 0 radical (unpaired) electrons. The molecule has 0 spiro atoms. The van der Waals surface area contributed by atoms with Crippen LogP contribution < -0.4 is 5.32 Å². The summed E-state index contributed by atoms with van der Waals surface area (Å²) in [6.45, 7) is 4.21. The molecule has 0 aromatic heterocycles. The van der Waals surface area contributed by atoms with Gasteiger partial charge in [-0.15, -0.1) is 0 Å². The molecule has 1 aliphatic rings. The molecule has 0 bridgehead atoms. The fourth-order valence-electron chi connectivity index (χ4n) is 3.18. The standard InChI is InChI=1S/C21H21ClN2O3/c1-13(2)11-18(19(25)23-12-14-7-9-15(22)10-8-14)24-20(26)16-5-3-4-6-17(16)21(24)27/h3-10,13,18H,11-12H2,1-2H3,(H,23,25). The summed E-state index contributed by atoms with van der Waals surface area (Å²) in [5.41, 5.74) is 1.59. The van der Waals surface area contributed by atoms with Crippen LogP contribution in [0.5, 0.6) is 0 Å². The third-order valence-corrected chi connectivity index (χ3v) is 4.77. The monoisotopic (exact) mass is 384 g/mol. The highest BCUT2D eigenvalue weighted by atomic mass is 35.5. The number of benzene rings is 2. The minimum atomic E-state index is -0.843. The lowest BCUT2D eigenvalue weighted by atomic mass is 10.0. The molecule has 140 valence electrons. The quantitative estimate of drug-likeness (QED) is 0.773. The van der Waals surface area contributed by atoms with Crippen molar-refractivity contribution in [3.05, 3.63) is 70.2 Å². The van der Waals surface area contributed by atoms with Crippen molar-refractivity contribution in [3.63, 3.8) is 0 Å². The number of carbonyl (C=O) groups is 3. The Bertz CT molecular complexity index is 842. The van der Waals surface area contributed by atoms with Crippen molar-refractivity contribution in [3.8, 4) is 0 Å². The molecule has 6 heteroatoms. The Morgan fingerprint density at radius 2 is 1.56 bits per heavy atom. The van der Waals surface area contributed by atoms with Crippen LogP contribution in [0, 0.1) is 5.92 Å². The van der Waals surface area contributed by atoms with Crippen LogP contribution in [0.1, 0.15) is 46.5 Å². The topological polar surface area (TPSA) is 66.5 Å². The molecule has 1 aliphatic heterocycles. The van der Waals surface area contributed by atoms with Crippen LogP contribution in [0.25, 0.3) is 0 Å². The number of halogens is 1. The molecule has 27 heavy (non-hydrogen) atoms. The van der Waals surface area contributed by atoms with E-state index in [4.69, 9.17) is 11.6 Å². The molecule has 2 aromatic carbocycles. The molecule has 3 amide bonds. The lowest BCUT2D eigenvalue weighted by Gasteiger charge is -2.26. The second kappa shape index (κ2) is 7.92. The molecule has 2 aromatic rings. The molecule has 3 rings (SSSR count). The zero-order valence-electron chi connectivity index (χ0n) is 15.2. The van der Waals surface area contributed by atoms with Gasteiger partial charge in [0.1, 0.15) is 6.04 Å². The van der Waals surface area contributed by atoms with Gasteiger partial charge in [-0.1, -0.05) is 49.7 Å². The van der Waals surface area contributed by atoms with Gasteiger partial charge in [0, 0.05) is 11.6 Å². The van der Waals surface area contributed by atoms with Crippen molar-refractivity contribution in [2.75, 3.05) is 0 Å². The number of hydrogen-bond donors (Lipinski definition) is 1. The van der Waals surface area contributed by atoms with Gasteiger partial charge in [-0.05, 0) is 42.2 Å². The molecular formula is C21H21ClN2O3. The second-order valence-electron chi connectivity index (χ2n) is 7.02. The van der Waals surface area contributed by atoms with E-state index in [-0.39, 0.29) is 11.8 Å². The van der Waals surface area contributed by atoms with Gasteiger partial charge in [-0.25, -0.2) is 0 Å². The summed E-state index contributed by atoms with van der Waals surface area (Å²) >= 11 is 5.88.